The Balaban J connectivity index is 0. The third kappa shape index (κ3) is 8.82. The summed E-state index contributed by atoms with van der Waals surface area (Å²) in [6.07, 6.45) is -0.560. The second-order valence-electron chi connectivity index (χ2n) is 1.03. The topological polar surface area (TPSA) is 40.5 Å². The van der Waals surface area contributed by atoms with E-state index in [4.69, 9.17) is 10.2 Å². The van der Waals surface area contributed by atoms with Crippen molar-refractivity contribution in [3.05, 3.63) is 0 Å². The zero-order valence-electron chi connectivity index (χ0n) is 3.89. The van der Waals surface area contributed by atoms with Crippen LogP contribution in [0.1, 0.15) is 6.92 Å². The van der Waals surface area contributed by atoms with Gasteiger partial charge >= 0.3 is 19.5 Å². The Morgan fingerprint density at radius 3 is 1.83 bits per heavy atom. The van der Waals surface area contributed by atoms with E-state index in [1.165, 1.54) is 6.92 Å². The van der Waals surface area contributed by atoms with Crippen molar-refractivity contribution in [1.82, 2.24) is 0 Å². The van der Waals surface area contributed by atoms with Crippen molar-refractivity contribution < 1.29 is 29.7 Å². The molecule has 0 heterocycles. The van der Waals surface area contributed by atoms with Crippen molar-refractivity contribution in [3.8, 4) is 0 Å². The van der Waals surface area contributed by atoms with Crippen molar-refractivity contribution >= 4 is 0 Å². The fraction of sp³-hybridized carbons (Fsp3) is 1.00. The molecular weight excluding hydrogens is 133 g/mol. The van der Waals surface area contributed by atoms with Crippen LogP contribution in [-0.4, -0.2) is 22.9 Å². The number of hydrogen-bond acceptors (Lipinski definition) is 2. The molecule has 2 N–H and O–H groups in total. The number of rotatable bonds is 1. The molecule has 0 spiro atoms. The van der Waals surface area contributed by atoms with E-state index in [0.717, 1.165) is 0 Å². The van der Waals surface area contributed by atoms with Crippen LogP contribution in [0.4, 0.5) is 0 Å². The first-order valence-corrected chi connectivity index (χ1v) is 1.56. The maximum Gasteiger partial charge on any atom is 2.00 e. The number of aliphatic hydroxyl groups excluding tert-OH is 2. The molecule has 0 saturated carbocycles. The molecule has 2 nitrogen and oxygen atoms in total. The molecule has 0 aromatic carbocycles. The van der Waals surface area contributed by atoms with Gasteiger partial charge in [-0.05, 0) is 6.92 Å². The largest absolute Gasteiger partial charge is 2.00 e. The Hall–Kier alpha value is 0.543. The molecule has 0 amide bonds. The molecule has 0 aromatic rings. The van der Waals surface area contributed by atoms with Gasteiger partial charge in [-0.3, -0.25) is 0 Å². The van der Waals surface area contributed by atoms with Crippen molar-refractivity contribution in [1.29, 1.82) is 0 Å². The van der Waals surface area contributed by atoms with Gasteiger partial charge in [-0.1, -0.05) is 0 Å². The predicted octanol–water partition coefficient (Wildman–Crippen LogP) is -0.643. The Kier molecular flexibility index (Phi) is 9.00. The molecule has 1 unspecified atom stereocenters. The zero-order chi connectivity index (χ0) is 4.28. The second-order valence-corrected chi connectivity index (χ2v) is 1.03. The molecule has 32 valence electrons. The summed E-state index contributed by atoms with van der Waals surface area (Å²) in [7, 11) is 0. The Morgan fingerprint density at radius 1 is 1.67 bits per heavy atom. The van der Waals surface area contributed by atoms with Gasteiger partial charge in [-0.2, -0.15) is 0 Å². The third-order valence-corrected chi connectivity index (χ3v) is 0.264. The predicted molar refractivity (Wildman–Crippen MR) is 18.8 cm³/mol. The summed E-state index contributed by atoms with van der Waals surface area (Å²) in [5, 5.41) is 16.0. The minimum absolute atomic E-state index is 0. The van der Waals surface area contributed by atoms with E-state index in [2.05, 4.69) is 0 Å². The minimum atomic E-state index is -0.560. The van der Waals surface area contributed by atoms with E-state index in [0.29, 0.717) is 0 Å². The van der Waals surface area contributed by atoms with Crippen LogP contribution in [0.2, 0.25) is 0 Å². The molecule has 0 aromatic heterocycles. The normalized spacial score (nSPS) is 12.5. The summed E-state index contributed by atoms with van der Waals surface area (Å²) >= 11 is 0. The molecule has 1 atom stereocenters. The van der Waals surface area contributed by atoms with Gasteiger partial charge in [0.2, 0.25) is 0 Å². The van der Waals surface area contributed by atoms with Gasteiger partial charge in [0.05, 0.1) is 12.7 Å². The number of hydrogen-bond donors (Lipinski definition) is 2. The molecule has 0 saturated heterocycles. The SMILES string of the molecule is CC(O)CO.[Zn+2]. The fourth-order valence-electron chi connectivity index (χ4n) is 0. The molecule has 0 aliphatic rings. The molecular formula is C3H8O2Zn+2. The van der Waals surface area contributed by atoms with Crippen LogP contribution in [0.15, 0.2) is 0 Å². The van der Waals surface area contributed by atoms with Crippen LogP contribution in [0, 0.1) is 0 Å². The monoisotopic (exact) mass is 140 g/mol. The van der Waals surface area contributed by atoms with E-state index in [1.807, 2.05) is 0 Å². The van der Waals surface area contributed by atoms with Gasteiger partial charge in [0.15, 0.2) is 0 Å². The minimum Gasteiger partial charge on any atom is -0.394 e. The van der Waals surface area contributed by atoms with Crippen molar-refractivity contribution in [2.45, 2.75) is 13.0 Å². The van der Waals surface area contributed by atoms with Crippen LogP contribution in [-0.2, 0) is 19.5 Å². The van der Waals surface area contributed by atoms with Crippen LogP contribution >= 0.6 is 0 Å². The first-order valence-electron chi connectivity index (χ1n) is 1.56. The second kappa shape index (κ2) is 5.54. The Labute approximate surface area is 49.9 Å². The summed E-state index contributed by atoms with van der Waals surface area (Å²) in [6, 6.07) is 0. The molecule has 0 aliphatic carbocycles. The molecule has 0 bridgehead atoms. The zero-order valence-corrected chi connectivity index (χ0v) is 6.85. The first kappa shape index (κ1) is 9.74. The van der Waals surface area contributed by atoms with Crippen molar-refractivity contribution in [3.63, 3.8) is 0 Å². The van der Waals surface area contributed by atoms with Gasteiger partial charge in [-0.25, -0.2) is 0 Å². The maximum absolute atomic E-state index is 8.11. The third-order valence-electron chi connectivity index (χ3n) is 0.264. The molecule has 0 rings (SSSR count). The summed E-state index contributed by atoms with van der Waals surface area (Å²) in [4.78, 5) is 0. The van der Waals surface area contributed by atoms with E-state index < -0.39 is 6.10 Å². The summed E-state index contributed by atoms with van der Waals surface area (Å²) in [6.45, 7) is 1.39. The van der Waals surface area contributed by atoms with Gasteiger partial charge < -0.3 is 10.2 Å². The maximum atomic E-state index is 8.11. The summed E-state index contributed by atoms with van der Waals surface area (Å²) in [5.74, 6) is 0. The first-order chi connectivity index (χ1) is 2.27. The molecule has 6 heavy (non-hydrogen) atoms. The summed E-state index contributed by atoms with van der Waals surface area (Å²) in [5.41, 5.74) is 0. The van der Waals surface area contributed by atoms with Crippen LogP contribution < -0.4 is 0 Å². The molecule has 3 heteroatoms. The molecule has 0 fully saturated rings. The average molecular weight is 141 g/mol. The van der Waals surface area contributed by atoms with Crippen LogP contribution in [0.5, 0.6) is 0 Å². The van der Waals surface area contributed by atoms with E-state index in [9.17, 15) is 0 Å². The molecule has 0 aliphatic heterocycles. The number of aliphatic hydroxyl groups is 2. The van der Waals surface area contributed by atoms with Crippen molar-refractivity contribution in [2.24, 2.45) is 0 Å². The summed E-state index contributed by atoms with van der Waals surface area (Å²) < 4.78 is 0. The van der Waals surface area contributed by atoms with Crippen LogP contribution in [0.25, 0.3) is 0 Å². The smallest absolute Gasteiger partial charge is 0.394 e. The standard InChI is InChI=1S/C3H8O2.Zn/c1-3(5)2-4;/h3-5H,2H2,1H3;/q;+2. The van der Waals surface area contributed by atoms with Crippen LogP contribution in [0.3, 0.4) is 0 Å². The van der Waals surface area contributed by atoms with E-state index >= 15 is 0 Å². The average Bonchev–Trinajstić information content (AvgIpc) is 1.38. The fourth-order valence-corrected chi connectivity index (χ4v) is 0. The van der Waals surface area contributed by atoms with E-state index in [1.54, 1.807) is 0 Å². The quantitative estimate of drug-likeness (QED) is 0.477. The molecule has 0 radical (unpaired) electrons. The van der Waals surface area contributed by atoms with Gasteiger partial charge in [-0.15, -0.1) is 0 Å². The van der Waals surface area contributed by atoms with Gasteiger partial charge in [0, 0.05) is 0 Å². The van der Waals surface area contributed by atoms with Gasteiger partial charge in [0.1, 0.15) is 0 Å². The Morgan fingerprint density at radius 2 is 1.83 bits per heavy atom. The van der Waals surface area contributed by atoms with Gasteiger partial charge in [0.25, 0.3) is 0 Å². The van der Waals surface area contributed by atoms with E-state index in [-0.39, 0.29) is 26.1 Å². The van der Waals surface area contributed by atoms with Crippen molar-refractivity contribution in [2.75, 3.05) is 6.61 Å². The Bertz CT molecular complexity index is 22.8.